The molecule has 0 unspecified atom stereocenters. The Labute approximate surface area is 196 Å². The van der Waals surface area contributed by atoms with Gasteiger partial charge < -0.3 is 14.8 Å². The van der Waals surface area contributed by atoms with Gasteiger partial charge in [0.25, 0.3) is 0 Å². The summed E-state index contributed by atoms with van der Waals surface area (Å²) in [5, 5.41) is 4.50. The van der Waals surface area contributed by atoms with Gasteiger partial charge in [0.2, 0.25) is 0 Å². The van der Waals surface area contributed by atoms with Crippen LogP contribution in [0.5, 0.6) is 11.5 Å². The van der Waals surface area contributed by atoms with Crippen molar-refractivity contribution in [2.45, 2.75) is 12.8 Å². The number of anilines is 2. The molecule has 10 heteroatoms. The van der Waals surface area contributed by atoms with E-state index in [4.69, 9.17) is 9.47 Å². The minimum absolute atomic E-state index is 0.247. The van der Waals surface area contributed by atoms with E-state index in [-0.39, 0.29) is 6.61 Å². The van der Waals surface area contributed by atoms with Gasteiger partial charge in [0, 0.05) is 17.1 Å². The number of ether oxygens (including phenoxy) is 2. The molecule has 2 aromatic heterocycles. The van der Waals surface area contributed by atoms with Crippen molar-refractivity contribution in [1.29, 1.82) is 0 Å². The van der Waals surface area contributed by atoms with Crippen molar-refractivity contribution in [3.63, 3.8) is 0 Å². The number of benzene rings is 3. The topological polar surface area (TPSA) is 69.2 Å². The van der Waals surface area contributed by atoms with Crippen molar-refractivity contribution in [2.75, 3.05) is 12.4 Å². The Balaban J connectivity index is 1.44. The highest BCUT2D eigenvalue weighted by Crippen LogP contribution is 2.36. The Morgan fingerprint density at radius 1 is 0.941 bits per heavy atom. The van der Waals surface area contributed by atoms with Gasteiger partial charge in [-0.2, -0.15) is 13.2 Å². The molecule has 0 spiro atoms. The Morgan fingerprint density at radius 2 is 1.74 bits per heavy atom. The highest BCUT2D eigenvalue weighted by Gasteiger charge is 2.30. The summed E-state index contributed by atoms with van der Waals surface area (Å²) in [5.74, 6) is 1.39. The molecule has 6 nitrogen and oxygen atoms in total. The van der Waals surface area contributed by atoms with Crippen LogP contribution in [0.4, 0.5) is 24.7 Å². The SMILES string of the molecule is COc1cc2ncnc(Nc3ccc(C(F)(F)F)cc3)c2cc1OCc1nc2ccccc2s1. The molecule has 2 heterocycles. The van der Waals surface area contributed by atoms with Crippen molar-refractivity contribution in [3.8, 4) is 11.5 Å². The maximum Gasteiger partial charge on any atom is 0.416 e. The van der Waals surface area contributed by atoms with Gasteiger partial charge in [0.15, 0.2) is 11.5 Å². The van der Waals surface area contributed by atoms with Crippen LogP contribution in [0, 0.1) is 0 Å². The smallest absolute Gasteiger partial charge is 0.416 e. The van der Waals surface area contributed by atoms with E-state index in [0.717, 1.165) is 27.4 Å². The molecule has 0 atom stereocenters. The number of thiazole rings is 1. The molecule has 0 amide bonds. The minimum atomic E-state index is -4.40. The van der Waals surface area contributed by atoms with Crippen molar-refractivity contribution in [1.82, 2.24) is 15.0 Å². The van der Waals surface area contributed by atoms with Gasteiger partial charge in [0.05, 0.1) is 28.4 Å². The standard InChI is InChI=1S/C24H17F3N4O2S/c1-32-19-11-18-16(10-20(19)33-12-22-31-17-4-2-3-5-21(17)34-22)23(29-13-28-18)30-15-8-6-14(7-9-15)24(25,26)27/h2-11,13H,12H2,1H3,(H,28,29,30). The molecule has 172 valence electrons. The van der Waals surface area contributed by atoms with E-state index in [1.54, 1.807) is 23.5 Å². The zero-order valence-electron chi connectivity index (χ0n) is 17.8. The lowest BCUT2D eigenvalue weighted by atomic mass is 10.2. The molecule has 5 rings (SSSR count). The van der Waals surface area contributed by atoms with E-state index in [1.807, 2.05) is 24.3 Å². The number of aromatic nitrogens is 3. The summed E-state index contributed by atoms with van der Waals surface area (Å²) in [6.07, 6.45) is -3.03. The molecule has 0 radical (unpaired) electrons. The van der Waals surface area contributed by atoms with Crippen LogP contribution in [0.1, 0.15) is 10.6 Å². The highest BCUT2D eigenvalue weighted by molar-refractivity contribution is 7.18. The maximum atomic E-state index is 12.9. The average Bonchev–Trinajstić information content (AvgIpc) is 3.25. The molecular formula is C24H17F3N4O2S. The van der Waals surface area contributed by atoms with Gasteiger partial charge in [-0.05, 0) is 42.5 Å². The summed E-state index contributed by atoms with van der Waals surface area (Å²) in [6, 6.07) is 16.0. The fourth-order valence-corrected chi connectivity index (χ4v) is 4.32. The Morgan fingerprint density at radius 3 is 2.47 bits per heavy atom. The summed E-state index contributed by atoms with van der Waals surface area (Å²) in [7, 11) is 1.54. The lowest BCUT2D eigenvalue weighted by Gasteiger charge is -2.14. The lowest BCUT2D eigenvalue weighted by Crippen LogP contribution is -2.04. The fourth-order valence-electron chi connectivity index (χ4n) is 3.44. The van der Waals surface area contributed by atoms with Crippen LogP contribution in [0.25, 0.3) is 21.1 Å². The second-order valence-electron chi connectivity index (χ2n) is 7.31. The number of rotatable bonds is 6. The van der Waals surface area contributed by atoms with Gasteiger partial charge >= 0.3 is 6.18 Å². The molecule has 0 aliphatic carbocycles. The van der Waals surface area contributed by atoms with Crippen LogP contribution in [-0.4, -0.2) is 22.1 Å². The van der Waals surface area contributed by atoms with E-state index in [1.165, 1.54) is 25.6 Å². The number of fused-ring (bicyclic) bond motifs is 2. The monoisotopic (exact) mass is 482 g/mol. The highest BCUT2D eigenvalue weighted by atomic mass is 32.1. The quantitative estimate of drug-likeness (QED) is 0.295. The number of halogens is 3. The molecule has 0 bridgehead atoms. The zero-order valence-corrected chi connectivity index (χ0v) is 18.6. The first-order valence-corrected chi connectivity index (χ1v) is 11.0. The fraction of sp³-hybridized carbons (Fsp3) is 0.125. The Kier molecular flexibility index (Phi) is 5.66. The van der Waals surface area contributed by atoms with E-state index in [9.17, 15) is 13.2 Å². The maximum absolute atomic E-state index is 12.9. The van der Waals surface area contributed by atoms with E-state index in [0.29, 0.717) is 33.9 Å². The van der Waals surface area contributed by atoms with Crippen LogP contribution in [-0.2, 0) is 12.8 Å². The third-order valence-electron chi connectivity index (χ3n) is 5.09. The number of para-hydroxylation sites is 1. The van der Waals surface area contributed by atoms with Gasteiger partial charge in [-0.25, -0.2) is 15.0 Å². The lowest BCUT2D eigenvalue weighted by molar-refractivity contribution is -0.137. The van der Waals surface area contributed by atoms with Gasteiger partial charge in [-0.3, -0.25) is 0 Å². The first-order valence-electron chi connectivity index (χ1n) is 10.1. The van der Waals surface area contributed by atoms with E-state index < -0.39 is 11.7 Å². The predicted octanol–water partition coefficient (Wildman–Crippen LogP) is 6.59. The summed E-state index contributed by atoms with van der Waals surface area (Å²) >= 11 is 1.55. The summed E-state index contributed by atoms with van der Waals surface area (Å²) in [6.45, 7) is 0.247. The Bertz CT molecular complexity index is 1440. The van der Waals surface area contributed by atoms with Crippen molar-refractivity contribution >= 4 is 44.0 Å². The molecule has 34 heavy (non-hydrogen) atoms. The van der Waals surface area contributed by atoms with E-state index in [2.05, 4.69) is 20.3 Å². The number of alkyl halides is 3. The molecule has 3 aromatic carbocycles. The van der Waals surface area contributed by atoms with Crippen LogP contribution in [0.2, 0.25) is 0 Å². The average molecular weight is 482 g/mol. The first-order chi connectivity index (χ1) is 16.4. The molecule has 5 aromatic rings. The normalized spacial score (nSPS) is 11.6. The van der Waals surface area contributed by atoms with Gasteiger partial charge in [-0.1, -0.05) is 12.1 Å². The van der Waals surface area contributed by atoms with Crippen LogP contribution in [0.3, 0.4) is 0 Å². The number of nitrogens with one attached hydrogen (secondary N) is 1. The van der Waals surface area contributed by atoms with Crippen molar-refractivity contribution in [3.05, 3.63) is 77.6 Å². The van der Waals surface area contributed by atoms with Crippen LogP contribution < -0.4 is 14.8 Å². The molecular weight excluding hydrogens is 465 g/mol. The molecule has 0 fully saturated rings. The molecule has 0 saturated heterocycles. The number of methoxy groups -OCH3 is 1. The minimum Gasteiger partial charge on any atom is -0.493 e. The van der Waals surface area contributed by atoms with Crippen LogP contribution in [0.15, 0.2) is 67.0 Å². The number of hydrogen-bond donors (Lipinski definition) is 1. The third kappa shape index (κ3) is 4.44. The number of hydrogen-bond acceptors (Lipinski definition) is 7. The molecule has 0 saturated carbocycles. The number of nitrogens with zero attached hydrogens (tertiary/aromatic N) is 3. The van der Waals surface area contributed by atoms with Crippen molar-refractivity contribution < 1.29 is 22.6 Å². The molecule has 0 aliphatic rings. The third-order valence-corrected chi connectivity index (χ3v) is 6.09. The van der Waals surface area contributed by atoms with Gasteiger partial charge in [-0.15, -0.1) is 11.3 Å². The second-order valence-corrected chi connectivity index (χ2v) is 8.42. The first kappa shape index (κ1) is 21.9. The van der Waals surface area contributed by atoms with Crippen LogP contribution >= 0.6 is 11.3 Å². The summed E-state index contributed by atoms with van der Waals surface area (Å²) < 4.78 is 51.1. The molecule has 1 N–H and O–H groups in total. The van der Waals surface area contributed by atoms with Gasteiger partial charge in [0.1, 0.15) is 23.8 Å². The Hall–Kier alpha value is -3.92. The predicted molar refractivity (Wildman–Crippen MR) is 125 cm³/mol. The summed E-state index contributed by atoms with van der Waals surface area (Å²) in [5.41, 5.74) is 1.24. The second kappa shape index (κ2) is 8.79. The molecule has 0 aliphatic heterocycles. The van der Waals surface area contributed by atoms with E-state index >= 15 is 0 Å². The summed E-state index contributed by atoms with van der Waals surface area (Å²) in [4.78, 5) is 13.1. The largest absolute Gasteiger partial charge is 0.493 e. The zero-order chi connectivity index (χ0) is 23.7. The van der Waals surface area contributed by atoms with Crippen molar-refractivity contribution in [2.24, 2.45) is 0 Å².